The van der Waals surface area contributed by atoms with Crippen molar-refractivity contribution < 1.29 is 13.9 Å². The van der Waals surface area contributed by atoms with Crippen LogP contribution in [0.3, 0.4) is 0 Å². The van der Waals surface area contributed by atoms with Crippen LogP contribution in [0.2, 0.25) is 0 Å². The first-order valence-corrected chi connectivity index (χ1v) is 6.71. The molecule has 0 saturated heterocycles. The van der Waals surface area contributed by atoms with Crippen LogP contribution in [-0.4, -0.2) is 23.0 Å². The molecule has 0 aliphatic heterocycles. The monoisotopic (exact) mass is 281 g/mol. The molecular weight excluding hydrogens is 266 g/mol. The first-order valence-electron chi connectivity index (χ1n) is 5.84. The summed E-state index contributed by atoms with van der Waals surface area (Å²) in [4.78, 5) is 19.5. The Morgan fingerprint density at radius 1 is 1.58 bits per heavy atom. The SMILES string of the molecule is COC(=O)CCc1csc(NCc2ncc(C)o2)n1. The van der Waals surface area contributed by atoms with Crippen molar-refractivity contribution in [2.45, 2.75) is 26.3 Å². The Hall–Kier alpha value is -1.89. The number of aryl methyl sites for hydroxylation is 2. The second-order valence-electron chi connectivity index (χ2n) is 3.94. The predicted octanol–water partition coefficient (Wildman–Crippen LogP) is 2.16. The molecule has 0 aromatic carbocycles. The van der Waals surface area contributed by atoms with Gasteiger partial charge in [0.1, 0.15) is 5.76 Å². The number of anilines is 1. The van der Waals surface area contributed by atoms with Gasteiger partial charge >= 0.3 is 5.97 Å². The number of rotatable bonds is 6. The van der Waals surface area contributed by atoms with E-state index in [1.807, 2.05) is 12.3 Å². The van der Waals surface area contributed by atoms with Crippen LogP contribution in [0.4, 0.5) is 5.13 Å². The summed E-state index contributed by atoms with van der Waals surface area (Å²) >= 11 is 1.49. The standard InChI is InChI=1S/C12H15N3O3S/c1-8-5-13-10(18-8)6-14-12-15-9(7-19-12)3-4-11(16)17-2/h5,7H,3-4,6H2,1-2H3,(H,14,15). The average molecular weight is 281 g/mol. The number of hydrogen-bond donors (Lipinski definition) is 1. The fourth-order valence-electron chi connectivity index (χ4n) is 1.47. The molecule has 0 saturated carbocycles. The van der Waals surface area contributed by atoms with Gasteiger partial charge in [-0.05, 0) is 6.92 Å². The van der Waals surface area contributed by atoms with Gasteiger partial charge in [-0.15, -0.1) is 11.3 Å². The number of oxazole rings is 1. The smallest absolute Gasteiger partial charge is 0.305 e. The third kappa shape index (κ3) is 4.06. The zero-order valence-corrected chi connectivity index (χ0v) is 11.6. The number of nitrogens with one attached hydrogen (secondary N) is 1. The van der Waals surface area contributed by atoms with Gasteiger partial charge in [-0.2, -0.15) is 0 Å². The first kappa shape index (κ1) is 13.5. The van der Waals surface area contributed by atoms with E-state index in [1.165, 1.54) is 18.4 Å². The van der Waals surface area contributed by atoms with Crippen molar-refractivity contribution in [1.29, 1.82) is 0 Å². The Morgan fingerprint density at radius 3 is 3.11 bits per heavy atom. The highest BCUT2D eigenvalue weighted by molar-refractivity contribution is 7.13. The molecule has 1 N–H and O–H groups in total. The summed E-state index contributed by atoms with van der Waals surface area (Å²) in [6, 6.07) is 0. The topological polar surface area (TPSA) is 77.2 Å². The maximum atomic E-state index is 11.0. The van der Waals surface area contributed by atoms with E-state index in [0.29, 0.717) is 25.3 Å². The number of methoxy groups -OCH3 is 1. The first-order chi connectivity index (χ1) is 9.17. The summed E-state index contributed by atoms with van der Waals surface area (Å²) in [6.45, 7) is 2.35. The van der Waals surface area contributed by atoms with Gasteiger partial charge < -0.3 is 14.5 Å². The second-order valence-corrected chi connectivity index (χ2v) is 4.80. The van der Waals surface area contributed by atoms with E-state index in [2.05, 4.69) is 20.0 Å². The summed E-state index contributed by atoms with van der Waals surface area (Å²) in [5.74, 6) is 1.19. The van der Waals surface area contributed by atoms with Crippen molar-refractivity contribution in [3.63, 3.8) is 0 Å². The van der Waals surface area contributed by atoms with Crippen molar-refractivity contribution >= 4 is 22.4 Å². The molecule has 2 aromatic heterocycles. The zero-order valence-electron chi connectivity index (χ0n) is 10.8. The van der Waals surface area contributed by atoms with Gasteiger partial charge in [0, 0.05) is 11.8 Å². The molecule has 7 heteroatoms. The molecule has 0 atom stereocenters. The highest BCUT2D eigenvalue weighted by Gasteiger charge is 2.06. The predicted molar refractivity (Wildman–Crippen MR) is 71.0 cm³/mol. The molecule has 0 radical (unpaired) electrons. The molecule has 0 unspecified atom stereocenters. The Labute approximate surface area is 114 Å². The number of thiazole rings is 1. The Balaban J connectivity index is 1.82. The molecule has 2 rings (SSSR count). The molecule has 0 fully saturated rings. The van der Waals surface area contributed by atoms with Crippen LogP contribution in [0, 0.1) is 6.92 Å². The minimum atomic E-state index is -0.224. The number of carbonyl (C=O) groups excluding carboxylic acids is 1. The molecular formula is C12H15N3O3S. The van der Waals surface area contributed by atoms with Crippen LogP contribution in [0.15, 0.2) is 16.0 Å². The van der Waals surface area contributed by atoms with E-state index in [0.717, 1.165) is 16.6 Å². The van der Waals surface area contributed by atoms with E-state index in [-0.39, 0.29) is 5.97 Å². The van der Waals surface area contributed by atoms with Crippen LogP contribution in [-0.2, 0) is 22.5 Å². The molecule has 19 heavy (non-hydrogen) atoms. The van der Waals surface area contributed by atoms with Gasteiger partial charge in [0.05, 0.1) is 32.0 Å². The molecule has 2 heterocycles. The largest absolute Gasteiger partial charge is 0.469 e. The minimum Gasteiger partial charge on any atom is -0.469 e. The number of esters is 1. The second kappa shape index (κ2) is 6.33. The van der Waals surface area contributed by atoms with Gasteiger partial charge in [-0.3, -0.25) is 4.79 Å². The van der Waals surface area contributed by atoms with Crippen molar-refractivity contribution in [2.24, 2.45) is 0 Å². The summed E-state index contributed by atoms with van der Waals surface area (Å²) in [5, 5.41) is 5.84. The van der Waals surface area contributed by atoms with Gasteiger partial charge in [-0.1, -0.05) is 0 Å². The molecule has 6 nitrogen and oxygen atoms in total. The van der Waals surface area contributed by atoms with Crippen LogP contribution in [0.5, 0.6) is 0 Å². The molecule has 2 aromatic rings. The molecule has 0 aliphatic rings. The fraction of sp³-hybridized carbons (Fsp3) is 0.417. The maximum Gasteiger partial charge on any atom is 0.305 e. The van der Waals surface area contributed by atoms with Crippen LogP contribution < -0.4 is 5.32 Å². The summed E-state index contributed by atoms with van der Waals surface area (Å²) in [6.07, 6.45) is 2.61. The number of ether oxygens (including phenoxy) is 1. The van der Waals surface area contributed by atoms with E-state index in [9.17, 15) is 4.79 Å². The lowest BCUT2D eigenvalue weighted by Gasteiger charge is -1.98. The van der Waals surface area contributed by atoms with Crippen LogP contribution in [0.1, 0.15) is 23.8 Å². The van der Waals surface area contributed by atoms with Gasteiger partial charge in [-0.25, -0.2) is 9.97 Å². The van der Waals surface area contributed by atoms with Crippen molar-refractivity contribution in [2.75, 3.05) is 12.4 Å². The number of hydrogen-bond acceptors (Lipinski definition) is 7. The molecule has 0 bridgehead atoms. The molecule has 0 amide bonds. The molecule has 0 aliphatic carbocycles. The lowest BCUT2D eigenvalue weighted by molar-refractivity contribution is -0.140. The molecule has 102 valence electrons. The van der Waals surface area contributed by atoms with Crippen molar-refractivity contribution in [1.82, 2.24) is 9.97 Å². The van der Waals surface area contributed by atoms with Crippen molar-refractivity contribution in [3.8, 4) is 0 Å². The fourth-order valence-corrected chi connectivity index (χ4v) is 2.21. The lowest BCUT2D eigenvalue weighted by atomic mass is 10.2. The Bertz CT molecular complexity index is 550. The minimum absolute atomic E-state index is 0.224. The van der Waals surface area contributed by atoms with E-state index >= 15 is 0 Å². The Kier molecular flexibility index (Phi) is 4.51. The zero-order chi connectivity index (χ0) is 13.7. The van der Waals surface area contributed by atoms with E-state index in [1.54, 1.807) is 6.20 Å². The van der Waals surface area contributed by atoms with Crippen LogP contribution >= 0.6 is 11.3 Å². The Morgan fingerprint density at radius 2 is 2.42 bits per heavy atom. The van der Waals surface area contributed by atoms with Crippen molar-refractivity contribution in [3.05, 3.63) is 28.9 Å². The molecule has 0 spiro atoms. The highest BCUT2D eigenvalue weighted by Crippen LogP contribution is 2.17. The summed E-state index contributed by atoms with van der Waals surface area (Å²) in [5.41, 5.74) is 0.876. The number of aromatic nitrogens is 2. The maximum absolute atomic E-state index is 11.0. The summed E-state index contributed by atoms with van der Waals surface area (Å²) < 4.78 is 9.93. The van der Waals surface area contributed by atoms with E-state index < -0.39 is 0 Å². The van der Waals surface area contributed by atoms with Crippen LogP contribution in [0.25, 0.3) is 0 Å². The van der Waals surface area contributed by atoms with Gasteiger partial charge in [0.2, 0.25) is 5.89 Å². The summed E-state index contributed by atoms with van der Waals surface area (Å²) in [7, 11) is 1.38. The van der Waals surface area contributed by atoms with E-state index in [4.69, 9.17) is 4.42 Å². The third-order valence-corrected chi connectivity index (χ3v) is 3.27. The lowest BCUT2D eigenvalue weighted by Crippen LogP contribution is -2.02. The number of nitrogens with zero attached hydrogens (tertiary/aromatic N) is 2. The number of carbonyl (C=O) groups is 1. The normalized spacial score (nSPS) is 10.4. The third-order valence-electron chi connectivity index (χ3n) is 2.42. The average Bonchev–Trinajstić information content (AvgIpc) is 3.02. The van der Waals surface area contributed by atoms with Gasteiger partial charge in [0.25, 0.3) is 0 Å². The quantitative estimate of drug-likeness (QED) is 0.818. The highest BCUT2D eigenvalue weighted by atomic mass is 32.1. The van der Waals surface area contributed by atoms with Gasteiger partial charge in [0.15, 0.2) is 5.13 Å².